The van der Waals surface area contributed by atoms with Gasteiger partial charge in [0.05, 0.1) is 30.3 Å². The molecule has 10 heteroatoms. The fourth-order valence-corrected chi connectivity index (χ4v) is 3.72. The van der Waals surface area contributed by atoms with Crippen LogP contribution >= 0.6 is 11.6 Å². The lowest BCUT2D eigenvalue weighted by Crippen LogP contribution is -2.39. The number of hydrogen-bond donors (Lipinski definition) is 1. The van der Waals surface area contributed by atoms with Gasteiger partial charge < -0.3 is 10.1 Å². The summed E-state index contributed by atoms with van der Waals surface area (Å²) in [6.45, 7) is 2.67. The summed E-state index contributed by atoms with van der Waals surface area (Å²) < 4.78 is 7.76. The van der Waals surface area contributed by atoms with Gasteiger partial charge in [-0.15, -0.1) is 0 Å². The molecule has 0 radical (unpaired) electrons. The minimum absolute atomic E-state index is 0.0522. The van der Waals surface area contributed by atoms with Crippen molar-refractivity contribution < 1.29 is 9.53 Å². The average Bonchev–Trinajstić information content (AvgIpc) is 2.84. The van der Waals surface area contributed by atoms with Crippen molar-refractivity contribution in [2.24, 2.45) is 7.05 Å². The minimum atomic E-state index is -0.509. The summed E-state index contributed by atoms with van der Waals surface area (Å²) in [5.41, 5.74) is 0.900. The molecule has 0 unspecified atom stereocenters. The zero-order chi connectivity index (χ0) is 24.2. The Labute approximate surface area is 199 Å². The number of nitrogens with zero attached hydrogens (tertiary/aromatic N) is 4. The Kier molecular flexibility index (Phi) is 6.74. The molecule has 1 N–H and O–H groups in total. The summed E-state index contributed by atoms with van der Waals surface area (Å²) in [7, 11) is 1.55. The van der Waals surface area contributed by atoms with Crippen LogP contribution in [0.1, 0.15) is 28.5 Å². The molecular weight excluding hydrogens is 458 g/mol. The molecule has 0 aliphatic carbocycles. The highest BCUT2D eigenvalue weighted by Gasteiger charge is 2.15. The van der Waals surface area contributed by atoms with E-state index < -0.39 is 17.2 Å². The van der Waals surface area contributed by atoms with Crippen molar-refractivity contribution in [2.75, 3.05) is 6.61 Å². The Bertz CT molecular complexity index is 1480. The van der Waals surface area contributed by atoms with Crippen LogP contribution < -0.4 is 21.3 Å². The third-order valence-electron chi connectivity index (χ3n) is 5.24. The first-order chi connectivity index (χ1) is 16.4. The zero-order valence-corrected chi connectivity index (χ0v) is 19.4. The molecule has 9 nitrogen and oxygen atoms in total. The van der Waals surface area contributed by atoms with Gasteiger partial charge in [-0.1, -0.05) is 29.8 Å². The molecule has 0 saturated heterocycles. The highest BCUT2D eigenvalue weighted by Crippen LogP contribution is 2.13. The number of halogens is 1. The first-order valence-electron chi connectivity index (χ1n) is 10.6. The summed E-state index contributed by atoms with van der Waals surface area (Å²) in [6.07, 6.45) is 2.97. The molecule has 0 fully saturated rings. The fourth-order valence-electron chi connectivity index (χ4n) is 3.51. The van der Waals surface area contributed by atoms with Crippen molar-refractivity contribution in [3.05, 3.63) is 97.5 Å². The molecule has 174 valence electrons. The molecule has 0 spiro atoms. The third-order valence-corrected chi connectivity index (χ3v) is 5.48. The van der Waals surface area contributed by atoms with E-state index in [1.807, 2.05) is 6.92 Å². The van der Waals surface area contributed by atoms with Crippen LogP contribution in [0.4, 0.5) is 0 Å². The lowest BCUT2D eigenvalue weighted by Gasteiger charge is -2.12. The summed E-state index contributed by atoms with van der Waals surface area (Å²) >= 11 is 6.03. The maximum atomic E-state index is 13.2. The van der Waals surface area contributed by atoms with E-state index in [4.69, 9.17) is 16.3 Å². The normalized spacial score (nSPS) is 10.9. The number of aryl methyl sites for hydroxylation is 1. The molecule has 3 heterocycles. The molecule has 34 heavy (non-hydrogen) atoms. The highest BCUT2D eigenvalue weighted by atomic mass is 35.5. The van der Waals surface area contributed by atoms with Crippen LogP contribution in [-0.2, 0) is 20.1 Å². The van der Waals surface area contributed by atoms with Gasteiger partial charge in [0.25, 0.3) is 11.5 Å². The second-order valence-electron chi connectivity index (χ2n) is 7.57. The van der Waals surface area contributed by atoms with Crippen molar-refractivity contribution in [1.29, 1.82) is 0 Å². The molecule has 4 rings (SSSR count). The van der Waals surface area contributed by atoms with Crippen molar-refractivity contribution in [1.82, 2.24) is 24.4 Å². The molecule has 3 aromatic heterocycles. The predicted molar refractivity (Wildman–Crippen MR) is 128 cm³/mol. The van der Waals surface area contributed by atoms with Gasteiger partial charge in [-0.25, -0.2) is 14.8 Å². The molecule has 0 saturated carbocycles. The number of pyridine rings is 2. The number of ether oxygens (including phenoxy) is 1. The molecule has 0 aliphatic heterocycles. The number of hydrogen-bond acceptors (Lipinski definition) is 6. The molecule has 1 amide bonds. The maximum absolute atomic E-state index is 13.2. The van der Waals surface area contributed by atoms with Crippen molar-refractivity contribution in [3.63, 3.8) is 0 Å². The highest BCUT2D eigenvalue weighted by molar-refractivity contribution is 6.30. The maximum Gasteiger partial charge on any atom is 0.331 e. The summed E-state index contributed by atoms with van der Waals surface area (Å²) in [5, 5.41) is 3.49. The van der Waals surface area contributed by atoms with E-state index in [0.29, 0.717) is 28.6 Å². The Morgan fingerprint density at radius 2 is 1.91 bits per heavy atom. The third kappa shape index (κ3) is 4.84. The van der Waals surface area contributed by atoms with Gasteiger partial charge in [0.2, 0.25) is 5.88 Å². The van der Waals surface area contributed by atoms with E-state index >= 15 is 0 Å². The average molecular weight is 480 g/mol. The van der Waals surface area contributed by atoms with Gasteiger partial charge in [0.15, 0.2) is 0 Å². The molecule has 4 aromatic rings. The van der Waals surface area contributed by atoms with Crippen LogP contribution in [0.5, 0.6) is 5.88 Å². The fraction of sp³-hybridized carbons (Fsp3) is 0.208. The Balaban J connectivity index is 1.61. The van der Waals surface area contributed by atoms with Crippen LogP contribution in [0.3, 0.4) is 0 Å². The quantitative estimate of drug-likeness (QED) is 0.436. The second kappa shape index (κ2) is 9.88. The number of aromatic nitrogens is 4. The van der Waals surface area contributed by atoms with Crippen LogP contribution in [0.2, 0.25) is 5.02 Å². The standard InChI is InChI=1S/C24H22ClN5O4/c1-3-34-21-8-7-16(11-27-21)12-28-22(31)19-10-18-20(13-26-19)29(2)24(33)30(23(18)32)14-15-5-4-6-17(25)9-15/h4-11,13H,3,12,14H2,1-2H3,(H,28,31). The Morgan fingerprint density at radius 3 is 2.62 bits per heavy atom. The van der Waals surface area contributed by atoms with Gasteiger partial charge in [-0.05, 0) is 36.2 Å². The molecule has 0 atom stereocenters. The van der Waals surface area contributed by atoms with Crippen molar-refractivity contribution in [3.8, 4) is 5.88 Å². The number of carbonyl (C=O) groups is 1. The van der Waals surface area contributed by atoms with E-state index in [2.05, 4.69) is 15.3 Å². The van der Waals surface area contributed by atoms with Gasteiger partial charge >= 0.3 is 5.69 Å². The van der Waals surface area contributed by atoms with Crippen LogP contribution in [0.25, 0.3) is 10.9 Å². The van der Waals surface area contributed by atoms with E-state index in [0.717, 1.165) is 10.1 Å². The number of nitrogens with one attached hydrogen (secondary N) is 1. The minimum Gasteiger partial charge on any atom is -0.478 e. The number of fused-ring (bicyclic) bond motifs is 1. The van der Waals surface area contributed by atoms with E-state index in [1.165, 1.54) is 16.8 Å². The molecule has 1 aromatic carbocycles. The summed E-state index contributed by atoms with van der Waals surface area (Å²) in [6, 6.07) is 11.9. The predicted octanol–water partition coefficient (Wildman–Crippen LogP) is 2.52. The topological polar surface area (TPSA) is 108 Å². The van der Waals surface area contributed by atoms with Gasteiger partial charge in [-0.3, -0.25) is 18.7 Å². The number of rotatable bonds is 7. The first-order valence-corrected chi connectivity index (χ1v) is 10.9. The molecule has 0 aliphatic rings. The van der Waals surface area contributed by atoms with Crippen LogP contribution in [0.15, 0.2) is 64.4 Å². The first kappa shape index (κ1) is 23.2. The second-order valence-corrected chi connectivity index (χ2v) is 8.01. The van der Waals surface area contributed by atoms with E-state index in [-0.39, 0.29) is 24.2 Å². The lowest BCUT2D eigenvalue weighted by atomic mass is 10.2. The Hall–Kier alpha value is -3.98. The number of carbonyl (C=O) groups excluding carboxylic acids is 1. The molecular formula is C24H22ClN5O4. The largest absolute Gasteiger partial charge is 0.478 e. The number of benzene rings is 1. The molecule has 0 bridgehead atoms. The monoisotopic (exact) mass is 479 g/mol. The number of amides is 1. The van der Waals surface area contributed by atoms with Crippen LogP contribution in [0, 0.1) is 0 Å². The SMILES string of the molecule is CCOc1ccc(CNC(=O)c2cc3c(=O)n(Cc4cccc(Cl)c4)c(=O)n(C)c3cn2)cn1. The van der Waals surface area contributed by atoms with Gasteiger partial charge in [0, 0.05) is 30.9 Å². The van der Waals surface area contributed by atoms with E-state index in [1.54, 1.807) is 49.6 Å². The van der Waals surface area contributed by atoms with E-state index in [9.17, 15) is 14.4 Å². The van der Waals surface area contributed by atoms with Gasteiger partial charge in [0.1, 0.15) is 5.69 Å². The Morgan fingerprint density at radius 1 is 1.09 bits per heavy atom. The van der Waals surface area contributed by atoms with Crippen molar-refractivity contribution in [2.45, 2.75) is 20.0 Å². The van der Waals surface area contributed by atoms with Crippen LogP contribution in [-0.4, -0.2) is 31.6 Å². The zero-order valence-electron chi connectivity index (χ0n) is 18.6. The van der Waals surface area contributed by atoms with Gasteiger partial charge in [-0.2, -0.15) is 0 Å². The summed E-state index contributed by atoms with van der Waals surface area (Å²) in [5.74, 6) is 0.0545. The summed E-state index contributed by atoms with van der Waals surface area (Å²) in [4.78, 5) is 47.0. The van der Waals surface area contributed by atoms with Crippen molar-refractivity contribution >= 4 is 28.4 Å². The smallest absolute Gasteiger partial charge is 0.331 e. The lowest BCUT2D eigenvalue weighted by molar-refractivity contribution is 0.0946.